The van der Waals surface area contributed by atoms with Crippen LogP contribution in [-0.2, 0) is 35.3 Å². The Morgan fingerprint density at radius 1 is 1.14 bits per heavy atom. The van der Waals surface area contributed by atoms with Gasteiger partial charge < -0.3 is 24.8 Å². The van der Waals surface area contributed by atoms with E-state index in [0.717, 1.165) is 12.0 Å². The number of unbranched alkanes of at least 4 members (excludes halogenated alkanes) is 1. The Bertz CT molecular complexity index is 918. The number of carbonyl (C=O) groups is 4. The van der Waals surface area contributed by atoms with Crippen molar-refractivity contribution in [1.29, 1.82) is 0 Å². The maximum absolute atomic E-state index is 13.1. The molecule has 9 heteroatoms. The van der Waals surface area contributed by atoms with E-state index < -0.39 is 29.8 Å². The van der Waals surface area contributed by atoms with Crippen molar-refractivity contribution in [1.82, 2.24) is 10.2 Å². The lowest BCUT2D eigenvalue weighted by atomic mass is 9.98. The van der Waals surface area contributed by atoms with Gasteiger partial charge in [0.15, 0.2) is 6.04 Å². The third-order valence-electron chi connectivity index (χ3n) is 6.18. The average molecular weight is 515 g/mol. The van der Waals surface area contributed by atoms with Crippen LogP contribution in [0.5, 0.6) is 0 Å². The summed E-state index contributed by atoms with van der Waals surface area (Å²) in [6.07, 6.45) is 6.23. The van der Waals surface area contributed by atoms with Gasteiger partial charge in [0.2, 0.25) is 11.8 Å². The van der Waals surface area contributed by atoms with Crippen LogP contribution in [0.4, 0.5) is 0 Å². The van der Waals surface area contributed by atoms with E-state index in [1.54, 1.807) is 23.1 Å². The second kappa shape index (κ2) is 16.3. The maximum atomic E-state index is 13.1. The van der Waals surface area contributed by atoms with Gasteiger partial charge in [-0.25, -0.2) is 4.79 Å². The SMILES string of the molecule is C=CCCCC(=O)OCC(NC(=O)C(CC=C)CC(=O)N1CCCC1CO)C(=O)OCc1ccccc1. The summed E-state index contributed by atoms with van der Waals surface area (Å²) in [4.78, 5) is 52.5. The van der Waals surface area contributed by atoms with E-state index in [9.17, 15) is 24.3 Å². The Balaban J connectivity index is 2.05. The molecule has 0 saturated carbocycles. The van der Waals surface area contributed by atoms with Gasteiger partial charge in [-0.1, -0.05) is 42.5 Å². The quantitative estimate of drug-likeness (QED) is 0.198. The van der Waals surface area contributed by atoms with Gasteiger partial charge in [0.05, 0.1) is 18.6 Å². The zero-order chi connectivity index (χ0) is 27.0. The number of allylic oxidation sites excluding steroid dienone is 2. The molecule has 0 aliphatic carbocycles. The monoisotopic (exact) mass is 514 g/mol. The van der Waals surface area contributed by atoms with Crippen molar-refractivity contribution in [2.75, 3.05) is 19.8 Å². The molecule has 0 spiro atoms. The van der Waals surface area contributed by atoms with Gasteiger partial charge in [0.1, 0.15) is 13.2 Å². The van der Waals surface area contributed by atoms with E-state index in [1.807, 2.05) is 18.2 Å². The minimum absolute atomic E-state index is 0.00853. The fourth-order valence-electron chi connectivity index (χ4n) is 4.09. The summed E-state index contributed by atoms with van der Waals surface area (Å²) in [5, 5.41) is 12.1. The molecule has 1 heterocycles. The molecule has 3 atom stereocenters. The summed E-state index contributed by atoms with van der Waals surface area (Å²) >= 11 is 0. The lowest BCUT2D eigenvalue weighted by molar-refractivity contribution is -0.155. The second-order valence-electron chi connectivity index (χ2n) is 9.01. The first-order valence-electron chi connectivity index (χ1n) is 12.7. The van der Waals surface area contributed by atoms with Crippen molar-refractivity contribution < 1.29 is 33.8 Å². The van der Waals surface area contributed by atoms with Crippen molar-refractivity contribution in [3.8, 4) is 0 Å². The smallest absolute Gasteiger partial charge is 0.332 e. The molecule has 37 heavy (non-hydrogen) atoms. The van der Waals surface area contributed by atoms with Crippen LogP contribution in [-0.4, -0.2) is 65.6 Å². The van der Waals surface area contributed by atoms with E-state index in [2.05, 4.69) is 18.5 Å². The Kier molecular flexibility index (Phi) is 13.1. The van der Waals surface area contributed by atoms with E-state index in [1.165, 1.54) is 6.08 Å². The predicted octanol–water partition coefficient (Wildman–Crippen LogP) is 2.68. The minimum Gasteiger partial charge on any atom is -0.463 e. The summed E-state index contributed by atoms with van der Waals surface area (Å²) < 4.78 is 10.6. The Labute approximate surface area is 218 Å². The zero-order valence-electron chi connectivity index (χ0n) is 21.3. The summed E-state index contributed by atoms with van der Waals surface area (Å²) in [6.45, 7) is 7.30. The van der Waals surface area contributed by atoms with Crippen LogP contribution in [0, 0.1) is 5.92 Å². The Morgan fingerprint density at radius 2 is 1.89 bits per heavy atom. The number of aliphatic hydroxyl groups is 1. The molecule has 0 bridgehead atoms. The summed E-state index contributed by atoms with van der Waals surface area (Å²) in [5.74, 6) is -2.82. The van der Waals surface area contributed by atoms with Crippen LogP contribution in [0.3, 0.4) is 0 Å². The average Bonchev–Trinajstić information content (AvgIpc) is 3.39. The molecule has 9 nitrogen and oxygen atoms in total. The van der Waals surface area contributed by atoms with Crippen LogP contribution in [0.25, 0.3) is 0 Å². The molecule has 0 aromatic heterocycles. The van der Waals surface area contributed by atoms with Crippen LogP contribution in [0.15, 0.2) is 55.6 Å². The summed E-state index contributed by atoms with van der Waals surface area (Å²) in [5.41, 5.74) is 0.765. The molecule has 2 amide bonds. The largest absolute Gasteiger partial charge is 0.463 e. The number of esters is 2. The van der Waals surface area contributed by atoms with Gasteiger partial charge in [0, 0.05) is 19.4 Å². The van der Waals surface area contributed by atoms with E-state index in [0.29, 0.717) is 25.8 Å². The third-order valence-corrected chi connectivity index (χ3v) is 6.18. The van der Waals surface area contributed by atoms with Crippen molar-refractivity contribution in [3.63, 3.8) is 0 Å². The minimum atomic E-state index is -1.24. The molecule has 1 aliphatic rings. The molecule has 1 aliphatic heterocycles. The van der Waals surface area contributed by atoms with E-state index in [-0.39, 0.29) is 51.0 Å². The fourth-order valence-corrected chi connectivity index (χ4v) is 4.09. The fraction of sp³-hybridized carbons (Fsp3) is 0.500. The molecule has 202 valence electrons. The van der Waals surface area contributed by atoms with Crippen molar-refractivity contribution in [2.24, 2.45) is 5.92 Å². The van der Waals surface area contributed by atoms with Gasteiger partial charge >= 0.3 is 11.9 Å². The molecule has 1 fully saturated rings. The molecule has 2 rings (SSSR count). The van der Waals surface area contributed by atoms with Crippen LogP contribution in [0.2, 0.25) is 0 Å². The predicted molar refractivity (Wildman–Crippen MR) is 138 cm³/mol. The molecule has 1 aromatic carbocycles. The number of nitrogens with zero attached hydrogens (tertiary/aromatic N) is 1. The highest BCUT2D eigenvalue weighted by Gasteiger charge is 2.33. The molecule has 3 unspecified atom stereocenters. The van der Waals surface area contributed by atoms with Gasteiger partial charge in [-0.05, 0) is 37.7 Å². The highest BCUT2D eigenvalue weighted by molar-refractivity contribution is 5.89. The number of amides is 2. The maximum Gasteiger partial charge on any atom is 0.332 e. The number of nitrogens with one attached hydrogen (secondary N) is 1. The van der Waals surface area contributed by atoms with Gasteiger partial charge in [-0.2, -0.15) is 0 Å². The Hall–Kier alpha value is -3.46. The standard InChI is InChI=1S/C28H38N2O7/c1-3-5-7-15-26(33)36-20-24(28(35)37-19-21-12-8-6-9-13-21)29-27(34)22(11-4-2)17-25(32)30-16-10-14-23(30)18-31/h3-4,6,8-9,12-13,22-24,31H,1-2,5,7,10-11,14-20H2,(H,29,34). The van der Waals surface area contributed by atoms with Crippen molar-refractivity contribution >= 4 is 23.8 Å². The summed E-state index contributed by atoms with van der Waals surface area (Å²) in [6, 6.07) is 7.57. The molecular weight excluding hydrogens is 476 g/mol. The number of hydrogen-bond donors (Lipinski definition) is 2. The molecule has 1 aromatic rings. The molecule has 0 radical (unpaired) electrons. The number of benzene rings is 1. The second-order valence-corrected chi connectivity index (χ2v) is 9.01. The molecule has 2 N–H and O–H groups in total. The number of rotatable bonds is 16. The van der Waals surface area contributed by atoms with Gasteiger partial charge in [-0.3, -0.25) is 14.4 Å². The highest BCUT2D eigenvalue weighted by atomic mass is 16.6. The van der Waals surface area contributed by atoms with E-state index in [4.69, 9.17) is 9.47 Å². The molecular formula is C28H38N2O7. The van der Waals surface area contributed by atoms with Crippen LogP contribution in [0.1, 0.15) is 50.5 Å². The Morgan fingerprint density at radius 3 is 2.57 bits per heavy atom. The number of likely N-dealkylation sites (tertiary alicyclic amines) is 1. The lowest BCUT2D eigenvalue weighted by Gasteiger charge is -2.26. The first-order valence-corrected chi connectivity index (χ1v) is 12.7. The number of ether oxygens (including phenoxy) is 2. The van der Waals surface area contributed by atoms with Crippen LogP contribution >= 0.6 is 0 Å². The zero-order valence-corrected chi connectivity index (χ0v) is 21.3. The number of hydrogen-bond acceptors (Lipinski definition) is 7. The lowest BCUT2D eigenvalue weighted by Crippen LogP contribution is -2.48. The normalized spacial score (nSPS) is 16.4. The van der Waals surface area contributed by atoms with Crippen molar-refractivity contribution in [3.05, 3.63) is 61.2 Å². The number of carbonyl (C=O) groups excluding carboxylic acids is 4. The van der Waals surface area contributed by atoms with Gasteiger partial charge in [0.25, 0.3) is 0 Å². The third kappa shape index (κ3) is 10.2. The first kappa shape index (κ1) is 29.8. The first-order chi connectivity index (χ1) is 17.9. The number of aliphatic hydroxyl groups excluding tert-OH is 1. The topological polar surface area (TPSA) is 122 Å². The van der Waals surface area contributed by atoms with Crippen LogP contribution < -0.4 is 5.32 Å². The van der Waals surface area contributed by atoms with E-state index >= 15 is 0 Å². The van der Waals surface area contributed by atoms with Gasteiger partial charge in [-0.15, -0.1) is 13.2 Å². The molecule has 1 saturated heterocycles. The highest BCUT2D eigenvalue weighted by Crippen LogP contribution is 2.21. The van der Waals surface area contributed by atoms with Crippen molar-refractivity contribution in [2.45, 2.75) is 63.6 Å². The summed E-state index contributed by atoms with van der Waals surface area (Å²) in [7, 11) is 0.